The fourth-order valence-corrected chi connectivity index (χ4v) is 7.51. The van der Waals surface area contributed by atoms with Gasteiger partial charge in [-0.3, -0.25) is 0 Å². The van der Waals surface area contributed by atoms with Crippen molar-refractivity contribution in [2.45, 2.75) is 59.4 Å². The van der Waals surface area contributed by atoms with Gasteiger partial charge in [-0.25, -0.2) is 9.37 Å². The number of halogens is 2. The van der Waals surface area contributed by atoms with Gasteiger partial charge < -0.3 is 4.43 Å². The summed E-state index contributed by atoms with van der Waals surface area (Å²) in [5.41, 5.74) is 0.897. The van der Waals surface area contributed by atoms with Gasteiger partial charge in [-0.1, -0.05) is 43.4 Å². The SMILES string of the molecule is Cc1nc(/C=C(\F)[C@H](CCI)O[Si](C)(C)CC(C)(C)C)cs1. The molecule has 0 aliphatic heterocycles. The Morgan fingerprint density at radius 2 is 2.14 bits per heavy atom. The maximum Gasteiger partial charge on any atom is 0.188 e. The molecule has 0 amide bonds. The Morgan fingerprint density at radius 1 is 1.50 bits per heavy atom. The van der Waals surface area contributed by atoms with Crippen molar-refractivity contribution in [1.29, 1.82) is 0 Å². The van der Waals surface area contributed by atoms with E-state index in [-0.39, 0.29) is 11.2 Å². The van der Waals surface area contributed by atoms with E-state index in [1.54, 1.807) is 0 Å². The van der Waals surface area contributed by atoms with Crippen LogP contribution in [0.25, 0.3) is 6.08 Å². The normalized spacial score (nSPS) is 15.2. The van der Waals surface area contributed by atoms with Gasteiger partial charge in [0.05, 0.1) is 16.8 Å². The standard InChI is InChI=1S/C16H27FINOSSi/c1-12-19-13(10-21-12)9-14(17)15(7-8-18)20-22(5,6)11-16(2,3)4/h9-10,15H,7-8,11H2,1-6H3/b14-9-/t15-/m0/s1. The van der Waals surface area contributed by atoms with Crippen molar-refractivity contribution in [3.05, 3.63) is 21.9 Å². The van der Waals surface area contributed by atoms with Gasteiger partial charge >= 0.3 is 0 Å². The van der Waals surface area contributed by atoms with Crippen molar-refractivity contribution >= 4 is 48.3 Å². The molecule has 1 aromatic heterocycles. The van der Waals surface area contributed by atoms with Crippen LogP contribution in [0.5, 0.6) is 0 Å². The summed E-state index contributed by atoms with van der Waals surface area (Å²) in [5.74, 6) is -0.198. The number of aryl methyl sites for hydroxylation is 1. The molecule has 0 bridgehead atoms. The van der Waals surface area contributed by atoms with Crippen LogP contribution in [0.3, 0.4) is 0 Å². The van der Waals surface area contributed by atoms with E-state index in [1.165, 1.54) is 17.4 Å². The Labute approximate surface area is 152 Å². The average molecular weight is 455 g/mol. The summed E-state index contributed by atoms with van der Waals surface area (Å²) in [6.07, 6.45) is 1.79. The van der Waals surface area contributed by atoms with Crippen molar-refractivity contribution in [1.82, 2.24) is 4.98 Å². The van der Waals surface area contributed by atoms with Gasteiger partial charge in [0.15, 0.2) is 8.32 Å². The first kappa shape index (κ1) is 20.3. The Balaban J connectivity index is 2.86. The third-order valence-corrected chi connectivity index (χ3v) is 7.27. The van der Waals surface area contributed by atoms with Crippen molar-refractivity contribution < 1.29 is 8.82 Å². The second kappa shape index (κ2) is 8.35. The molecule has 0 spiro atoms. The summed E-state index contributed by atoms with van der Waals surface area (Å²) in [6.45, 7) is 12.9. The zero-order valence-corrected chi connectivity index (χ0v) is 18.3. The fourth-order valence-electron chi connectivity index (χ4n) is 2.74. The predicted octanol–water partition coefficient (Wildman–Crippen LogP) is 6.22. The number of thiazole rings is 1. The number of hydrogen-bond donors (Lipinski definition) is 0. The molecule has 0 unspecified atom stereocenters. The summed E-state index contributed by atoms with van der Waals surface area (Å²) in [4.78, 5) is 4.31. The van der Waals surface area contributed by atoms with E-state index in [0.29, 0.717) is 12.1 Å². The van der Waals surface area contributed by atoms with Crippen LogP contribution in [0.1, 0.15) is 37.9 Å². The number of aromatic nitrogens is 1. The summed E-state index contributed by atoms with van der Waals surface area (Å²) in [6, 6.07) is 1.01. The lowest BCUT2D eigenvalue weighted by Gasteiger charge is -2.33. The molecule has 0 aliphatic carbocycles. The molecule has 0 saturated heterocycles. The van der Waals surface area contributed by atoms with Crippen LogP contribution in [0.2, 0.25) is 19.1 Å². The predicted molar refractivity (Wildman–Crippen MR) is 106 cm³/mol. The molecule has 0 saturated carbocycles. The van der Waals surface area contributed by atoms with Crippen molar-refractivity contribution in [3.63, 3.8) is 0 Å². The fraction of sp³-hybridized carbons (Fsp3) is 0.688. The van der Waals surface area contributed by atoms with Crippen molar-refractivity contribution in [2.75, 3.05) is 4.43 Å². The average Bonchev–Trinajstić information content (AvgIpc) is 2.70. The minimum absolute atomic E-state index is 0.198. The van der Waals surface area contributed by atoms with Crippen LogP contribution in [0, 0.1) is 12.3 Å². The van der Waals surface area contributed by atoms with E-state index in [0.717, 1.165) is 15.5 Å². The highest BCUT2D eigenvalue weighted by Crippen LogP contribution is 2.31. The number of hydrogen-bond acceptors (Lipinski definition) is 3. The van der Waals surface area contributed by atoms with Crippen LogP contribution < -0.4 is 0 Å². The third-order valence-electron chi connectivity index (χ3n) is 3.02. The van der Waals surface area contributed by atoms with Gasteiger partial charge in [-0.15, -0.1) is 11.3 Å². The maximum atomic E-state index is 14.6. The lowest BCUT2D eigenvalue weighted by molar-refractivity contribution is 0.191. The smallest absolute Gasteiger partial charge is 0.188 e. The second-order valence-electron chi connectivity index (χ2n) is 7.40. The van der Waals surface area contributed by atoms with E-state index < -0.39 is 14.4 Å². The van der Waals surface area contributed by atoms with Gasteiger partial charge in [0.25, 0.3) is 0 Å². The van der Waals surface area contributed by atoms with E-state index in [2.05, 4.69) is 61.4 Å². The minimum atomic E-state index is -1.92. The molecule has 6 heteroatoms. The highest BCUT2D eigenvalue weighted by molar-refractivity contribution is 14.1. The first-order chi connectivity index (χ1) is 10.0. The summed E-state index contributed by atoms with van der Waals surface area (Å²) in [5, 5.41) is 2.83. The first-order valence-electron chi connectivity index (χ1n) is 7.55. The molecule has 0 aliphatic rings. The highest BCUT2D eigenvalue weighted by atomic mass is 127. The molecule has 2 nitrogen and oxygen atoms in total. The molecule has 1 heterocycles. The van der Waals surface area contributed by atoms with E-state index in [9.17, 15) is 4.39 Å². The topological polar surface area (TPSA) is 22.1 Å². The number of rotatable bonds is 7. The Morgan fingerprint density at radius 3 is 2.59 bits per heavy atom. The van der Waals surface area contributed by atoms with Crippen LogP contribution in [0.15, 0.2) is 11.2 Å². The molecule has 1 atom stereocenters. The minimum Gasteiger partial charge on any atom is -0.408 e. The molecule has 1 aromatic rings. The molecular weight excluding hydrogens is 428 g/mol. The summed E-state index contributed by atoms with van der Waals surface area (Å²) >= 11 is 3.82. The first-order valence-corrected chi connectivity index (χ1v) is 13.1. The zero-order chi connectivity index (χ0) is 17.0. The molecular formula is C16H27FINOSSi. The van der Waals surface area contributed by atoms with Gasteiger partial charge in [0, 0.05) is 9.81 Å². The molecule has 0 radical (unpaired) electrons. The monoisotopic (exact) mass is 455 g/mol. The Hall–Kier alpha value is 0.207. The Bertz CT molecular complexity index is 510. The van der Waals surface area contributed by atoms with Crippen molar-refractivity contribution in [2.24, 2.45) is 5.41 Å². The molecule has 0 fully saturated rings. The Kier molecular flexibility index (Phi) is 7.68. The molecule has 1 rings (SSSR count). The largest absolute Gasteiger partial charge is 0.408 e. The third kappa shape index (κ3) is 7.65. The number of nitrogens with zero attached hydrogens (tertiary/aromatic N) is 1. The summed E-state index contributed by atoms with van der Waals surface area (Å²) in [7, 11) is -1.92. The lowest BCUT2D eigenvalue weighted by atomic mass is 10.0. The van der Waals surface area contributed by atoms with Crippen LogP contribution in [-0.2, 0) is 4.43 Å². The zero-order valence-electron chi connectivity index (χ0n) is 14.4. The van der Waals surface area contributed by atoms with Gasteiger partial charge in [0.2, 0.25) is 0 Å². The van der Waals surface area contributed by atoms with Crippen LogP contribution >= 0.6 is 33.9 Å². The quantitative estimate of drug-likeness (QED) is 0.277. The van der Waals surface area contributed by atoms with Gasteiger partial charge in [0.1, 0.15) is 5.83 Å². The highest BCUT2D eigenvalue weighted by Gasteiger charge is 2.33. The van der Waals surface area contributed by atoms with Crippen LogP contribution in [-0.4, -0.2) is 23.8 Å². The molecule has 22 heavy (non-hydrogen) atoms. The molecule has 0 N–H and O–H groups in total. The van der Waals surface area contributed by atoms with E-state index >= 15 is 0 Å². The molecule has 126 valence electrons. The van der Waals surface area contributed by atoms with Gasteiger partial charge in [-0.05, 0) is 44.0 Å². The van der Waals surface area contributed by atoms with Crippen LogP contribution in [0.4, 0.5) is 4.39 Å². The van der Waals surface area contributed by atoms with E-state index in [4.69, 9.17) is 4.43 Å². The van der Waals surface area contributed by atoms with Crippen molar-refractivity contribution in [3.8, 4) is 0 Å². The number of alkyl halides is 1. The summed E-state index contributed by atoms with van der Waals surface area (Å²) < 4.78 is 21.8. The maximum absolute atomic E-state index is 14.6. The van der Waals surface area contributed by atoms with E-state index in [1.807, 2.05) is 12.3 Å². The second-order valence-corrected chi connectivity index (χ2v) is 13.7. The lowest BCUT2D eigenvalue weighted by Crippen LogP contribution is -2.39. The molecule has 0 aromatic carbocycles. The van der Waals surface area contributed by atoms with Gasteiger partial charge in [-0.2, -0.15) is 0 Å².